The van der Waals surface area contributed by atoms with Gasteiger partial charge in [-0.2, -0.15) is 0 Å². The van der Waals surface area contributed by atoms with Crippen LogP contribution in [0.2, 0.25) is 0 Å². The zero-order valence-corrected chi connectivity index (χ0v) is 15.4. The quantitative estimate of drug-likeness (QED) is 0.829. The molecular formula is C21H30N2O2. The molecule has 25 heavy (non-hydrogen) atoms. The predicted octanol–water partition coefficient (Wildman–Crippen LogP) is 2.96. The molecule has 2 aliphatic rings. The Balaban J connectivity index is 1.55. The molecule has 1 aliphatic heterocycles. The molecule has 4 atom stereocenters. The number of ketones is 1. The summed E-state index contributed by atoms with van der Waals surface area (Å²) in [7, 11) is 0. The molecule has 136 valence electrons. The lowest BCUT2D eigenvalue weighted by molar-refractivity contribution is -0.134. The average molecular weight is 342 g/mol. The minimum Gasteiger partial charge on any atom is -0.338 e. The van der Waals surface area contributed by atoms with E-state index in [9.17, 15) is 9.59 Å². The summed E-state index contributed by atoms with van der Waals surface area (Å²) < 4.78 is 0. The van der Waals surface area contributed by atoms with Gasteiger partial charge in [-0.15, -0.1) is 0 Å². The van der Waals surface area contributed by atoms with Crippen molar-refractivity contribution in [2.45, 2.75) is 70.5 Å². The normalized spacial score (nSPS) is 24.8. The number of amides is 1. The molecule has 1 aromatic rings. The van der Waals surface area contributed by atoms with Gasteiger partial charge in [-0.1, -0.05) is 36.8 Å². The third-order valence-corrected chi connectivity index (χ3v) is 5.92. The van der Waals surface area contributed by atoms with Crippen LogP contribution in [0, 0.1) is 5.92 Å². The molecule has 1 heterocycles. The van der Waals surface area contributed by atoms with Gasteiger partial charge >= 0.3 is 0 Å². The van der Waals surface area contributed by atoms with E-state index in [1.807, 2.05) is 25.1 Å². The van der Waals surface area contributed by atoms with Gasteiger partial charge in [-0.25, -0.2) is 0 Å². The van der Waals surface area contributed by atoms with E-state index in [-0.39, 0.29) is 23.8 Å². The number of hydrogen-bond acceptors (Lipinski definition) is 3. The van der Waals surface area contributed by atoms with E-state index < -0.39 is 0 Å². The molecule has 0 radical (unpaired) electrons. The van der Waals surface area contributed by atoms with E-state index in [0.717, 1.165) is 32.2 Å². The van der Waals surface area contributed by atoms with E-state index in [1.165, 1.54) is 18.4 Å². The predicted molar refractivity (Wildman–Crippen MR) is 99.3 cm³/mol. The number of carbonyl (C=O) groups excluding carboxylic acids is 2. The van der Waals surface area contributed by atoms with Crippen molar-refractivity contribution in [1.29, 1.82) is 0 Å². The molecular weight excluding hydrogens is 312 g/mol. The summed E-state index contributed by atoms with van der Waals surface area (Å²) in [6, 6.07) is 10.1. The first-order chi connectivity index (χ1) is 12.1. The van der Waals surface area contributed by atoms with Crippen LogP contribution in [0.3, 0.4) is 0 Å². The van der Waals surface area contributed by atoms with Crippen LogP contribution in [-0.2, 0) is 16.0 Å². The fraction of sp³-hybridized carbons (Fsp3) is 0.619. The van der Waals surface area contributed by atoms with Crippen molar-refractivity contribution >= 4 is 11.7 Å². The lowest BCUT2D eigenvalue weighted by Gasteiger charge is -2.29. The molecule has 2 fully saturated rings. The maximum absolute atomic E-state index is 12.9. The van der Waals surface area contributed by atoms with E-state index in [4.69, 9.17) is 0 Å². The molecule has 0 bridgehead atoms. The number of nitrogens with zero attached hydrogens (tertiary/aromatic N) is 1. The maximum Gasteiger partial charge on any atom is 0.239 e. The van der Waals surface area contributed by atoms with Crippen molar-refractivity contribution in [1.82, 2.24) is 10.2 Å². The first-order valence-corrected chi connectivity index (χ1v) is 9.67. The van der Waals surface area contributed by atoms with E-state index in [2.05, 4.69) is 22.3 Å². The summed E-state index contributed by atoms with van der Waals surface area (Å²) in [4.78, 5) is 27.0. The Morgan fingerprint density at radius 1 is 1.20 bits per heavy atom. The summed E-state index contributed by atoms with van der Waals surface area (Å²) in [5, 5.41) is 3.30. The van der Waals surface area contributed by atoms with Crippen LogP contribution in [0.5, 0.6) is 0 Å². The second-order valence-electron chi connectivity index (χ2n) is 7.65. The van der Waals surface area contributed by atoms with Crippen molar-refractivity contribution in [3.63, 3.8) is 0 Å². The topological polar surface area (TPSA) is 49.4 Å². The maximum atomic E-state index is 12.9. The monoisotopic (exact) mass is 342 g/mol. The second kappa shape index (κ2) is 8.13. The van der Waals surface area contributed by atoms with Crippen LogP contribution in [0.25, 0.3) is 0 Å². The standard InChI is InChI=1S/C21H30N2O2/c1-15(21(25)23-14-13-18-9-6-10-20(18)23)22-19(16(2)24)12-11-17-7-4-3-5-8-17/h3-5,7-8,15,18-20,22H,6,9-14H2,1-2H3. The van der Waals surface area contributed by atoms with Gasteiger partial charge in [-0.3, -0.25) is 14.9 Å². The minimum absolute atomic E-state index is 0.107. The molecule has 3 rings (SSSR count). The van der Waals surface area contributed by atoms with Gasteiger partial charge in [0.15, 0.2) is 0 Å². The molecule has 1 N–H and O–H groups in total. The van der Waals surface area contributed by atoms with Crippen LogP contribution in [0.4, 0.5) is 0 Å². The first kappa shape index (κ1) is 18.1. The third kappa shape index (κ3) is 4.30. The molecule has 4 nitrogen and oxygen atoms in total. The number of rotatable bonds is 7. The number of fused-ring (bicyclic) bond motifs is 1. The summed E-state index contributed by atoms with van der Waals surface area (Å²) >= 11 is 0. The van der Waals surface area contributed by atoms with Crippen LogP contribution < -0.4 is 5.32 Å². The van der Waals surface area contributed by atoms with Gasteiger partial charge in [0.2, 0.25) is 5.91 Å². The minimum atomic E-state index is -0.302. The van der Waals surface area contributed by atoms with E-state index in [1.54, 1.807) is 6.92 Å². The number of hydrogen-bond donors (Lipinski definition) is 1. The number of benzene rings is 1. The van der Waals surface area contributed by atoms with Gasteiger partial charge in [0, 0.05) is 12.6 Å². The zero-order valence-electron chi connectivity index (χ0n) is 15.4. The highest BCUT2D eigenvalue weighted by atomic mass is 16.2. The molecule has 4 heteroatoms. The molecule has 4 unspecified atom stereocenters. The Hall–Kier alpha value is -1.68. The van der Waals surface area contributed by atoms with Crippen LogP contribution in [0.1, 0.15) is 51.5 Å². The third-order valence-electron chi connectivity index (χ3n) is 5.92. The molecule has 1 saturated heterocycles. The van der Waals surface area contributed by atoms with Gasteiger partial charge < -0.3 is 4.90 Å². The Kier molecular flexibility index (Phi) is 5.89. The van der Waals surface area contributed by atoms with Crippen molar-refractivity contribution < 1.29 is 9.59 Å². The lowest BCUT2D eigenvalue weighted by Crippen LogP contribution is -2.51. The Bertz CT molecular complexity index is 601. The SMILES string of the molecule is CC(=O)C(CCc1ccccc1)NC(C)C(=O)N1CCC2CCCC21. The number of carbonyl (C=O) groups is 2. The fourth-order valence-corrected chi connectivity index (χ4v) is 4.49. The van der Waals surface area contributed by atoms with Gasteiger partial charge in [-0.05, 0) is 57.4 Å². The summed E-state index contributed by atoms with van der Waals surface area (Å²) in [6.45, 7) is 4.40. The molecule has 1 aromatic carbocycles. The van der Waals surface area contributed by atoms with Crippen LogP contribution in [0.15, 0.2) is 30.3 Å². The summed E-state index contributed by atoms with van der Waals surface area (Å²) in [6.07, 6.45) is 6.37. The summed E-state index contributed by atoms with van der Waals surface area (Å²) in [5.41, 5.74) is 1.22. The van der Waals surface area contributed by atoms with E-state index in [0.29, 0.717) is 12.0 Å². The molecule has 1 amide bonds. The zero-order chi connectivity index (χ0) is 17.8. The first-order valence-electron chi connectivity index (χ1n) is 9.67. The van der Waals surface area contributed by atoms with Crippen LogP contribution in [-0.4, -0.2) is 41.3 Å². The largest absolute Gasteiger partial charge is 0.338 e. The summed E-state index contributed by atoms with van der Waals surface area (Å²) in [5.74, 6) is 0.981. The highest BCUT2D eigenvalue weighted by Gasteiger charge is 2.41. The van der Waals surface area contributed by atoms with Gasteiger partial charge in [0.05, 0.1) is 12.1 Å². The van der Waals surface area contributed by atoms with E-state index >= 15 is 0 Å². The van der Waals surface area contributed by atoms with Gasteiger partial charge in [0.25, 0.3) is 0 Å². The molecule has 0 spiro atoms. The Labute approximate surface area is 151 Å². The van der Waals surface area contributed by atoms with Crippen LogP contribution >= 0.6 is 0 Å². The number of aryl methyl sites for hydroxylation is 1. The number of nitrogens with one attached hydrogen (secondary N) is 1. The average Bonchev–Trinajstić information content (AvgIpc) is 3.21. The highest BCUT2D eigenvalue weighted by Crippen LogP contribution is 2.37. The highest BCUT2D eigenvalue weighted by molar-refractivity contribution is 5.85. The molecule has 1 aliphatic carbocycles. The van der Waals surface area contributed by atoms with Crippen molar-refractivity contribution in [3.05, 3.63) is 35.9 Å². The second-order valence-corrected chi connectivity index (χ2v) is 7.65. The van der Waals surface area contributed by atoms with Crippen molar-refractivity contribution in [2.24, 2.45) is 5.92 Å². The Morgan fingerprint density at radius 2 is 1.96 bits per heavy atom. The molecule has 0 aromatic heterocycles. The van der Waals surface area contributed by atoms with Crippen molar-refractivity contribution in [2.75, 3.05) is 6.54 Å². The lowest BCUT2D eigenvalue weighted by atomic mass is 10.0. The Morgan fingerprint density at radius 3 is 2.68 bits per heavy atom. The number of likely N-dealkylation sites (tertiary alicyclic amines) is 1. The number of Topliss-reactive ketones (excluding diaryl/α,β-unsaturated/α-hetero) is 1. The smallest absolute Gasteiger partial charge is 0.239 e. The fourth-order valence-electron chi connectivity index (χ4n) is 4.49. The molecule has 1 saturated carbocycles. The van der Waals surface area contributed by atoms with Gasteiger partial charge in [0.1, 0.15) is 5.78 Å². The van der Waals surface area contributed by atoms with Crippen molar-refractivity contribution in [3.8, 4) is 0 Å².